The number of hydrogen-bond acceptors (Lipinski definition) is 7. The highest BCUT2D eigenvalue weighted by Gasteiger charge is 2.22. The van der Waals surface area contributed by atoms with Gasteiger partial charge in [-0.3, -0.25) is 9.78 Å². The number of aromatic nitrogens is 4. The lowest BCUT2D eigenvalue weighted by Crippen LogP contribution is -2.49. The number of nitrogens with zero attached hydrogens (tertiary/aromatic N) is 6. The molecule has 3 aromatic rings. The molecule has 0 N–H and O–H groups in total. The molecule has 8 nitrogen and oxygen atoms in total. The molecular formula is C19H20N6O2. The third kappa shape index (κ3) is 4.11. The molecule has 0 saturated carbocycles. The molecule has 3 aromatic heterocycles. The molecule has 0 spiro atoms. The van der Waals surface area contributed by atoms with Gasteiger partial charge in [0.25, 0.3) is 0 Å². The fourth-order valence-electron chi connectivity index (χ4n) is 3.06. The first kappa shape index (κ1) is 17.1. The SMILES string of the molecule is O=C(CCc1nnc(-c2cccnc2)o1)N1CCN(c2ccccn2)CC1. The summed E-state index contributed by atoms with van der Waals surface area (Å²) in [5.41, 5.74) is 0.771. The lowest BCUT2D eigenvalue weighted by molar-refractivity contribution is -0.131. The number of anilines is 1. The summed E-state index contributed by atoms with van der Waals surface area (Å²) in [7, 11) is 0. The highest BCUT2D eigenvalue weighted by Crippen LogP contribution is 2.17. The molecule has 8 heteroatoms. The number of carbonyl (C=O) groups excluding carboxylic acids is 1. The van der Waals surface area contributed by atoms with Crippen molar-refractivity contribution in [2.75, 3.05) is 31.1 Å². The first-order valence-corrected chi connectivity index (χ1v) is 8.96. The van der Waals surface area contributed by atoms with E-state index in [2.05, 4.69) is 25.1 Å². The van der Waals surface area contributed by atoms with Crippen molar-refractivity contribution in [2.24, 2.45) is 0 Å². The van der Waals surface area contributed by atoms with Crippen LogP contribution in [0.2, 0.25) is 0 Å². The molecule has 0 aromatic carbocycles. The second kappa shape index (κ2) is 7.94. The van der Waals surface area contributed by atoms with Gasteiger partial charge in [0, 0.05) is 57.6 Å². The zero-order valence-corrected chi connectivity index (χ0v) is 14.9. The van der Waals surface area contributed by atoms with Crippen LogP contribution < -0.4 is 4.90 Å². The number of rotatable bonds is 5. The maximum atomic E-state index is 12.5. The Bertz CT molecular complexity index is 875. The Morgan fingerprint density at radius 2 is 1.93 bits per heavy atom. The average molecular weight is 364 g/mol. The second-order valence-electron chi connectivity index (χ2n) is 6.30. The summed E-state index contributed by atoms with van der Waals surface area (Å²) in [5, 5.41) is 8.05. The van der Waals surface area contributed by atoms with Gasteiger partial charge in [0.2, 0.25) is 17.7 Å². The smallest absolute Gasteiger partial charge is 0.249 e. The third-order valence-corrected chi connectivity index (χ3v) is 4.53. The zero-order valence-electron chi connectivity index (χ0n) is 14.9. The number of carbonyl (C=O) groups is 1. The predicted octanol–water partition coefficient (Wildman–Crippen LogP) is 1.81. The van der Waals surface area contributed by atoms with Crippen molar-refractivity contribution in [1.82, 2.24) is 25.1 Å². The van der Waals surface area contributed by atoms with E-state index in [4.69, 9.17) is 4.42 Å². The summed E-state index contributed by atoms with van der Waals surface area (Å²) in [4.78, 5) is 25.0. The summed E-state index contributed by atoms with van der Waals surface area (Å²) in [6.07, 6.45) is 5.94. The summed E-state index contributed by atoms with van der Waals surface area (Å²) in [5.74, 6) is 1.96. The number of amides is 1. The molecule has 0 unspecified atom stereocenters. The summed E-state index contributed by atoms with van der Waals surface area (Å²) in [6, 6.07) is 9.54. The van der Waals surface area contributed by atoms with Crippen LogP contribution in [-0.2, 0) is 11.2 Å². The van der Waals surface area contributed by atoms with E-state index in [0.717, 1.165) is 24.5 Å². The number of pyridine rings is 2. The molecule has 1 amide bonds. The number of aryl methyl sites for hydroxylation is 1. The minimum Gasteiger partial charge on any atom is -0.421 e. The van der Waals surface area contributed by atoms with E-state index < -0.39 is 0 Å². The van der Waals surface area contributed by atoms with Gasteiger partial charge in [-0.25, -0.2) is 4.98 Å². The van der Waals surface area contributed by atoms with Crippen molar-refractivity contribution < 1.29 is 9.21 Å². The van der Waals surface area contributed by atoms with Gasteiger partial charge in [-0.05, 0) is 24.3 Å². The Morgan fingerprint density at radius 1 is 1.04 bits per heavy atom. The standard InChI is InChI=1S/C19H20N6O2/c26-18(25-12-10-24(11-13-25)16-5-1-2-9-21-16)7-6-17-22-23-19(27-17)15-4-3-8-20-14-15/h1-5,8-9,14H,6-7,10-13H2. The van der Waals surface area contributed by atoms with Crippen LogP contribution in [0.4, 0.5) is 5.82 Å². The fourth-order valence-corrected chi connectivity index (χ4v) is 3.06. The van der Waals surface area contributed by atoms with Gasteiger partial charge in [0.15, 0.2) is 0 Å². The van der Waals surface area contributed by atoms with Crippen LogP contribution >= 0.6 is 0 Å². The first-order chi connectivity index (χ1) is 13.3. The van der Waals surface area contributed by atoms with Crippen molar-refractivity contribution in [2.45, 2.75) is 12.8 Å². The molecule has 4 heterocycles. The van der Waals surface area contributed by atoms with Crippen LogP contribution in [-0.4, -0.2) is 57.2 Å². The number of piperazine rings is 1. The van der Waals surface area contributed by atoms with E-state index in [9.17, 15) is 4.79 Å². The maximum absolute atomic E-state index is 12.5. The van der Waals surface area contributed by atoms with Gasteiger partial charge < -0.3 is 14.2 Å². The van der Waals surface area contributed by atoms with E-state index in [0.29, 0.717) is 37.7 Å². The van der Waals surface area contributed by atoms with Gasteiger partial charge in [-0.1, -0.05) is 6.07 Å². The predicted molar refractivity (Wildman–Crippen MR) is 98.9 cm³/mol. The van der Waals surface area contributed by atoms with Crippen LogP contribution in [0.25, 0.3) is 11.5 Å². The Balaban J connectivity index is 1.27. The normalized spacial score (nSPS) is 14.4. The topological polar surface area (TPSA) is 88.2 Å². The average Bonchev–Trinajstić information content (AvgIpc) is 3.22. The zero-order chi connectivity index (χ0) is 18.5. The molecule has 0 aliphatic carbocycles. The molecule has 1 aliphatic heterocycles. The Labute approximate surface area is 156 Å². The molecule has 138 valence electrons. The van der Waals surface area contributed by atoms with Crippen LogP contribution in [0.5, 0.6) is 0 Å². The largest absolute Gasteiger partial charge is 0.421 e. The van der Waals surface area contributed by atoms with Crippen LogP contribution in [0.3, 0.4) is 0 Å². The van der Waals surface area contributed by atoms with E-state index in [1.807, 2.05) is 35.2 Å². The van der Waals surface area contributed by atoms with E-state index >= 15 is 0 Å². The van der Waals surface area contributed by atoms with E-state index in [1.165, 1.54) is 0 Å². The Kier molecular flexibility index (Phi) is 5.04. The van der Waals surface area contributed by atoms with Gasteiger partial charge in [0.05, 0.1) is 5.56 Å². The molecule has 1 saturated heterocycles. The number of hydrogen-bond donors (Lipinski definition) is 0. The van der Waals surface area contributed by atoms with E-state index in [-0.39, 0.29) is 5.91 Å². The Hall–Kier alpha value is -3.29. The fraction of sp³-hybridized carbons (Fsp3) is 0.316. The molecule has 1 aliphatic rings. The minimum atomic E-state index is 0.108. The highest BCUT2D eigenvalue weighted by atomic mass is 16.4. The first-order valence-electron chi connectivity index (χ1n) is 8.96. The molecule has 0 bridgehead atoms. The second-order valence-corrected chi connectivity index (χ2v) is 6.30. The minimum absolute atomic E-state index is 0.108. The van der Waals surface area contributed by atoms with Crippen LogP contribution in [0.15, 0.2) is 53.3 Å². The summed E-state index contributed by atoms with van der Waals surface area (Å²) in [6.45, 7) is 2.96. The van der Waals surface area contributed by atoms with Crippen molar-refractivity contribution in [1.29, 1.82) is 0 Å². The van der Waals surface area contributed by atoms with Crippen molar-refractivity contribution in [3.63, 3.8) is 0 Å². The van der Waals surface area contributed by atoms with Crippen LogP contribution in [0, 0.1) is 0 Å². The quantitative estimate of drug-likeness (QED) is 0.682. The van der Waals surface area contributed by atoms with Crippen LogP contribution in [0.1, 0.15) is 12.3 Å². The molecule has 4 rings (SSSR count). The van der Waals surface area contributed by atoms with Gasteiger partial charge in [-0.2, -0.15) is 0 Å². The molecule has 0 atom stereocenters. The van der Waals surface area contributed by atoms with Crippen molar-refractivity contribution in [3.8, 4) is 11.5 Å². The molecule has 27 heavy (non-hydrogen) atoms. The molecule has 0 radical (unpaired) electrons. The van der Waals surface area contributed by atoms with Gasteiger partial charge in [0.1, 0.15) is 5.82 Å². The molecule has 1 fully saturated rings. The lowest BCUT2D eigenvalue weighted by Gasteiger charge is -2.35. The van der Waals surface area contributed by atoms with Crippen molar-refractivity contribution in [3.05, 3.63) is 54.8 Å². The van der Waals surface area contributed by atoms with Crippen molar-refractivity contribution >= 4 is 11.7 Å². The maximum Gasteiger partial charge on any atom is 0.249 e. The summed E-state index contributed by atoms with van der Waals surface area (Å²) >= 11 is 0. The Morgan fingerprint density at radius 3 is 2.67 bits per heavy atom. The third-order valence-electron chi connectivity index (χ3n) is 4.53. The van der Waals surface area contributed by atoms with Gasteiger partial charge in [-0.15, -0.1) is 10.2 Å². The monoisotopic (exact) mass is 364 g/mol. The molecular weight excluding hydrogens is 344 g/mol. The summed E-state index contributed by atoms with van der Waals surface area (Å²) < 4.78 is 5.63. The highest BCUT2D eigenvalue weighted by molar-refractivity contribution is 5.76. The van der Waals surface area contributed by atoms with E-state index in [1.54, 1.807) is 18.6 Å². The lowest BCUT2D eigenvalue weighted by atomic mass is 10.2. The van der Waals surface area contributed by atoms with Gasteiger partial charge >= 0.3 is 0 Å².